The van der Waals surface area contributed by atoms with Gasteiger partial charge in [-0.15, -0.1) is 0 Å². The van der Waals surface area contributed by atoms with E-state index in [9.17, 15) is 27.6 Å². The largest absolute Gasteiger partial charge is 0.466 e. The summed E-state index contributed by atoms with van der Waals surface area (Å²) in [5.74, 6) is -3.50. The molecule has 1 atom stereocenters. The molecule has 4 rings (SSSR count). The van der Waals surface area contributed by atoms with Gasteiger partial charge in [-0.3, -0.25) is 0 Å². The van der Waals surface area contributed by atoms with E-state index in [0.717, 1.165) is 55.8 Å². The van der Waals surface area contributed by atoms with Crippen LogP contribution in [0.3, 0.4) is 0 Å². The van der Waals surface area contributed by atoms with Gasteiger partial charge in [-0.1, -0.05) is 12.1 Å². The number of hydrogen-bond donors (Lipinski definition) is 3. The average molecular weight is 576 g/mol. The highest BCUT2D eigenvalue weighted by Gasteiger charge is 2.43. The van der Waals surface area contributed by atoms with Crippen LogP contribution in [0.2, 0.25) is 0 Å². The number of carbonyl (C=O) groups is 3. The second kappa shape index (κ2) is 13.5. The lowest BCUT2D eigenvalue weighted by Crippen LogP contribution is -2.56. The van der Waals surface area contributed by atoms with Crippen molar-refractivity contribution in [1.29, 1.82) is 0 Å². The highest BCUT2D eigenvalue weighted by molar-refractivity contribution is 6.01. The maximum atomic E-state index is 14.2. The molecule has 0 unspecified atom stereocenters. The van der Waals surface area contributed by atoms with E-state index in [4.69, 9.17) is 9.47 Å². The summed E-state index contributed by atoms with van der Waals surface area (Å²) in [7, 11) is 2.47. The lowest BCUT2D eigenvalue weighted by Gasteiger charge is -2.37. The zero-order valence-electron chi connectivity index (χ0n) is 22.7. The van der Waals surface area contributed by atoms with Crippen molar-refractivity contribution in [1.82, 2.24) is 20.9 Å². The third-order valence-electron chi connectivity index (χ3n) is 7.01. The van der Waals surface area contributed by atoms with Gasteiger partial charge in [0.05, 0.1) is 25.0 Å². The minimum absolute atomic E-state index is 0.00825. The lowest BCUT2D eigenvalue weighted by molar-refractivity contribution is -0.137. The number of urea groups is 2. The van der Waals surface area contributed by atoms with Gasteiger partial charge in [0, 0.05) is 45.0 Å². The van der Waals surface area contributed by atoms with Crippen molar-refractivity contribution in [3.05, 3.63) is 76.7 Å². The number of anilines is 1. The van der Waals surface area contributed by atoms with Crippen molar-refractivity contribution >= 4 is 23.7 Å². The summed E-state index contributed by atoms with van der Waals surface area (Å²) in [6.45, 7) is 1.80. The molecule has 0 saturated carbocycles. The zero-order chi connectivity index (χ0) is 29.5. The molecule has 1 fully saturated rings. The van der Waals surface area contributed by atoms with Crippen molar-refractivity contribution in [3.8, 4) is 0 Å². The van der Waals surface area contributed by atoms with Crippen molar-refractivity contribution in [2.24, 2.45) is 0 Å². The molecule has 0 radical (unpaired) electrons. The number of rotatable bonds is 9. The van der Waals surface area contributed by atoms with E-state index in [-0.39, 0.29) is 41.8 Å². The fourth-order valence-corrected chi connectivity index (χ4v) is 5.02. The van der Waals surface area contributed by atoms with E-state index < -0.39 is 35.7 Å². The van der Waals surface area contributed by atoms with Crippen LogP contribution in [0.5, 0.6) is 0 Å². The number of methoxy groups -OCH3 is 2. The molecule has 2 aliphatic rings. The Kier molecular flexibility index (Phi) is 9.84. The van der Waals surface area contributed by atoms with Gasteiger partial charge in [0.15, 0.2) is 11.6 Å². The van der Waals surface area contributed by atoms with Crippen LogP contribution in [0.4, 0.5) is 28.4 Å². The highest BCUT2D eigenvalue weighted by Crippen LogP contribution is 2.35. The molecule has 1 saturated heterocycles. The van der Waals surface area contributed by atoms with Gasteiger partial charge >= 0.3 is 18.0 Å². The number of nitrogens with zero attached hydrogens (tertiary/aromatic N) is 2. The SMILES string of the molecule is COCC1=C(C(=O)OC)[C@H](c2ccc(F)c(F)c2)N(C(=O)NCCNC2CCN(c3cccc(F)c3)CC2)C(=O)N1. The summed E-state index contributed by atoms with van der Waals surface area (Å²) in [5, 5.41) is 8.49. The number of nitrogens with one attached hydrogen (secondary N) is 3. The molecule has 0 aliphatic carbocycles. The first-order chi connectivity index (χ1) is 19.7. The second-order valence-corrected chi connectivity index (χ2v) is 9.62. The standard InChI is InChI=1S/C28H32F3N5O5/c1-40-16-23-24(26(37)41-2)25(17-6-7-21(30)22(31)14-17)36(28(39)34-23)27(38)33-11-10-32-19-8-12-35(13-9-19)20-5-3-4-18(29)15-20/h3-7,14-15,19,25,32H,8-13,16H2,1-2H3,(H,33,38)(H,34,39)/t25-/m0/s1. The van der Waals surface area contributed by atoms with Crippen LogP contribution >= 0.6 is 0 Å². The third kappa shape index (κ3) is 6.98. The van der Waals surface area contributed by atoms with Crippen LogP contribution < -0.4 is 20.9 Å². The number of carbonyl (C=O) groups excluding carboxylic acids is 3. The first-order valence-corrected chi connectivity index (χ1v) is 13.1. The molecule has 2 aliphatic heterocycles. The molecule has 4 amide bonds. The van der Waals surface area contributed by atoms with Crippen molar-refractivity contribution < 1.29 is 37.0 Å². The Morgan fingerprint density at radius 1 is 1.02 bits per heavy atom. The lowest BCUT2D eigenvalue weighted by atomic mass is 9.93. The van der Waals surface area contributed by atoms with Crippen LogP contribution in [-0.2, 0) is 14.3 Å². The molecule has 10 nitrogen and oxygen atoms in total. The molecule has 3 N–H and O–H groups in total. The summed E-state index contributed by atoms with van der Waals surface area (Å²) in [6, 6.07) is 6.37. The molecule has 2 aromatic rings. The molecular weight excluding hydrogens is 543 g/mol. The topological polar surface area (TPSA) is 112 Å². The molecule has 2 heterocycles. The minimum atomic E-state index is -1.41. The van der Waals surface area contributed by atoms with E-state index in [0.29, 0.717) is 6.54 Å². The number of hydrogen-bond acceptors (Lipinski definition) is 7. The third-order valence-corrected chi connectivity index (χ3v) is 7.01. The van der Waals surface area contributed by atoms with Crippen molar-refractivity contribution in [2.75, 3.05) is 51.9 Å². The number of imide groups is 1. The quantitative estimate of drug-likeness (QED) is 0.311. The highest BCUT2D eigenvalue weighted by atomic mass is 19.2. The van der Waals surface area contributed by atoms with Gasteiger partial charge in [-0.2, -0.15) is 0 Å². The Bertz CT molecular complexity index is 1320. The van der Waals surface area contributed by atoms with Gasteiger partial charge in [-0.05, 0) is 48.7 Å². The van der Waals surface area contributed by atoms with E-state index >= 15 is 0 Å². The number of piperidine rings is 1. The second-order valence-electron chi connectivity index (χ2n) is 9.62. The molecule has 0 bridgehead atoms. The normalized spacial score (nSPS) is 17.9. The van der Waals surface area contributed by atoms with Gasteiger partial charge in [0.25, 0.3) is 0 Å². The summed E-state index contributed by atoms with van der Waals surface area (Å²) in [5.41, 5.74) is 0.707. The Balaban J connectivity index is 1.42. The Morgan fingerprint density at radius 3 is 2.44 bits per heavy atom. The summed E-state index contributed by atoms with van der Waals surface area (Å²) in [4.78, 5) is 41.9. The van der Waals surface area contributed by atoms with Gasteiger partial charge in [0.2, 0.25) is 0 Å². The van der Waals surface area contributed by atoms with Crippen LogP contribution in [0.25, 0.3) is 0 Å². The van der Waals surface area contributed by atoms with E-state index in [1.165, 1.54) is 25.3 Å². The summed E-state index contributed by atoms with van der Waals surface area (Å²) < 4.78 is 51.4. The van der Waals surface area contributed by atoms with Gasteiger partial charge in [-0.25, -0.2) is 32.5 Å². The molecule has 2 aromatic carbocycles. The van der Waals surface area contributed by atoms with Crippen molar-refractivity contribution in [3.63, 3.8) is 0 Å². The van der Waals surface area contributed by atoms with Crippen LogP contribution in [0.1, 0.15) is 24.4 Å². The number of amides is 4. The number of esters is 1. The number of halogens is 3. The predicted octanol–water partition coefficient (Wildman–Crippen LogP) is 3.21. The maximum absolute atomic E-state index is 14.2. The Labute approximate surface area is 235 Å². The Hall–Kier alpha value is -4.10. The predicted molar refractivity (Wildman–Crippen MR) is 143 cm³/mol. The first-order valence-electron chi connectivity index (χ1n) is 13.1. The van der Waals surface area contributed by atoms with Gasteiger partial charge in [0.1, 0.15) is 11.9 Å². The van der Waals surface area contributed by atoms with Crippen LogP contribution in [0.15, 0.2) is 53.7 Å². The van der Waals surface area contributed by atoms with E-state index in [2.05, 4.69) is 20.9 Å². The number of benzene rings is 2. The first kappa shape index (κ1) is 29.9. The summed E-state index contributed by atoms with van der Waals surface area (Å²) >= 11 is 0. The van der Waals surface area contributed by atoms with E-state index in [1.54, 1.807) is 6.07 Å². The fourth-order valence-electron chi connectivity index (χ4n) is 5.02. The van der Waals surface area contributed by atoms with Crippen molar-refractivity contribution in [2.45, 2.75) is 24.9 Å². The smallest absolute Gasteiger partial charge is 0.338 e. The minimum Gasteiger partial charge on any atom is -0.466 e. The molecule has 0 aromatic heterocycles. The molecule has 41 heavy (non-hydrogen) atoms. The molecule has 220 valence electrons. The van der Waals surface area contributed by atoms with E-state index in [1.807, 2.05) is 6.07 Å². The number of ether oxygens (including phenoxy) is 2. The van der Waals surface area contributed by atoms with Crippen LogP contribution in [-0.4, -0.2) is 76.0 Å². The zero-order valence-corrected chi connectivity index (χ0v) is 22.7. The maximum Gasteiger partial charge on any atom is 0.338 e. The fraction of sp³-hybridized carbons (Fsp3) is 0.393. The average Bonchev–Trinajstić information content (AvgIpc) is 2.96. The summed E-state index contributed by atoms with van der Waals surface area (Å²) in [6.07, 6.45) is 1.62. The molecular formula is C28H32F3N5O5. The van der Waals surface area contributed by atoms with Gasteiger partial charge < -0.3 is 30.3 Å². The Morgan fingerprint density at radius 2 is 1.78 bits per heavy atom. The molecule has 13 heteroatoms. The van der Waals surface area contributed by atoms with Crippen LogP contribution in [0, 0.1) is 17.5 Å². The molecule has 0 spiro atoms. The monoisotopic (exact) mass is 575 g/mol.